The Bertz CT molecular complexity index is 380. The summed E-state index contributed by atoms with van der Waals surface area (Å²) in [5, 5.41) is 0. The van der Waals surface area contributed by atoms with Crippen LogP contribution in [0.3, 0.4) is 0 Å². The maximum atomic E-state index is 9.97. The van der Waals surface area contributed by atoms with E-state index in [-0.39, 0.29) is 0 Å². The molecule has 0 radical (unpaired) electrons. The average molecular weight is 211 g/mol. The van der Waals surface area contributed by atoms with Gasteiger partial charge in [-0.1, -0.05) is 43.0 Å². The highest BCUT2D eigenvalue weighted by molar-refractivity contribution is 5.73. The summed E-state index contributed by atoms with van der Waals surface area (Å²) >= 11 is 0. The van der Waals surface area contributed by atoms with Crippen LogP contribution in [0.25, 0.3) is 6.08 Å². The Hall–Kier alpha value is -2.22. The predicted molar refractivity (Wildman–Crippen MR) is 66.2 cm³/mol. The Morgan fingerprint density at radius 2 is 1.69 bits per heavy atom. The van der Waals surface area contributed by atoms with Gasteiger partial charge in [-0.05, 0) is 17.7 Å². The SMILES string of the molecule is C=Cc1ccccc1.O=Cc1cccnc1. The molecule has 0 fully saturated rings. The summed E-state index contributed by atoms with van der Waals surface area (Å²) in [7, 11) is 0. The van der Waals surface area contributed by atoms with Crippen LogP contribution < -0.4 is 0 Å². The van der Waals surface area contributed by atoms with E-state index in [4.69, 9.17) is 0 Å². The molecule has 0 aliphatic rings. The fraction of sp³-hybridized carbons (Fsp3) is 0. The van der Waals surface area contributed by atoms with Gasteiger partial charge in [0, 0.05) is 18.0 Å². The van der Waals surface area contributed by atoms with E-state index in [2.05, 4.69) is 11.6 Å². The van der Waals surface area contributed by atoms with E-state index >= 15 is 0 Å². The Morgan fingerprint density at radius 3 is 2.06 bits per heavy atom. The minimum absolute atomic E-state index is 0.618. The minimum Gasteiger partial charge on any atom is -0.298 e. The summed E-state index contributed by atoms with van der Waals surface area (Å²) in [5.74, 6) is 0. The van der Waals surface area contributed by atoms with Gasteiger partial charge in [0.05, 0.1) is 0 Å². The summed E-state index contributed by atoms with van der Waals surface area (Å²) in [6.07, 6.45) is 5.76. The third kappa shape index (κ3) is 4.33. The summed E-state index contributed by atoms with van der Waals surface area (Å²) in [6, 6.07) is 13.5. The van der Waals surface area contributed by atoms with Gasteiger partial charge in [-0.15, -0.1) is 0 Å². The quantitative estimate of drug-likeness (QED) is 0.714. The zero-order valence-electron chi connectivity index (χ0n) is 8.91. The number of carbonyl (C=O) groups excluding carboxylic acids is 1. The lowest BCUT2D eigenvalue weighted by Crippen LogP contribution is -1.77. The first-order chi connectivity index (χ1) is 7.86. The number of carbonyl (C=O) groups is 1. The van der Waals surface area contributed by atoms with Crippen LogP contribution >= 0.6 is 0 Å². The average Bonchev–Trinajstić information content (AvgIpc) is 2.41. The molecular weight excluding hydrogens is 198 g/mol. The highest BCUT2D eigenvalue weighted by Crippen LogP contribution is 1.97. The van der Waals surface area contributed by atoms with Gasteiger partial charge in [-0.3, -0.25) is 9.78 Å². The molecule has 16 heavy (non-hydrogen) atoms. The van der Waals surface area contributed by atoms with Crippen LogP contribution in [0.1, 0.15) is 15.9 Å². The molecule has 0 aliphatic heterocycles. The number of hydrogen-bond donors (Lipinski definition) is 0. The molecule has 1 aromatic carbocycles. The van der Waals surface area contributed by atoms with Gasteiger partial charge in [-0.25, -0.2) is 0 Å². The molecule has 0 aliphatic carbocycles. The molecule has 0 saturated heterocycles. The smallest absolute Gasteiger partial charge is 0.151 e. The fourth-order valence-corrected chi connectivity index (χ4v) is 1.03. The number of aromatic nitrogens is 1. The van der Waals surface area contributed by atoms with Crippen LogP contribution in [0.5, 0.6) is 0 Å². The molecule has 2 aromatic rings. The van der Waals surface area contributed by atoms with E-state index in [1.807, 2.05) is 36.4 Å². The number of aldehydes is 1. The van der Waals surface area contributed by atoms with Crippen molar-refractivity contribution in [2.45, 2.75) is 0 Å². The molecule has 2 nitrogen and oxygen atoms in total. The van der Waals surface area contributed by atoms with Gasteiger partial charge in [0.1, 0.15) is 0 Å². The van der Waals surface area contributed by atoms with E-state index < -0.39 is 0 Å². The topological polar surface area (TPSA) is 30.0 Å². The molecule has 0 unspecified atom stereocenters. The van der Waals surface area contributed by atoms with E-state index in [0.717, 1.165) is 6.29 Å². The van der Waals surface area contributed by atoms with Crippen LogP contribution in [-0.4, -0.2) is 11.3 Å². The minimum atomic E-state index is 0.618. The second-order valence-corrected chi connectivity index (χ2v) is 3.02. The molecule has 1 heterocycles. The van der Waals surface area contributed by atoms with E-state index in [0.29, 0.717) is 5.56 Å². The zero-order valence-corrected chi connectivity index (χ0v) is 8.91. The molecule has 2 heteroatoms. The normalized spacial score (nSPS) is 8.50. The first-order valence-corrected chi connectivity index (χ1v) is 4.89. The first kappa shape index (κ1) is 11.9. The number of benzene rings is 1. The fourth-order valence-electron chi connectivity index (χ4n) is 1.03. The van der Waals surface area contributed by atoms with Gasteiger partial charge < -0.3 is 0 Å². The van der Waals surface area contributed by atoms with Crippen LogP contribution in [0.4, 0.5) is 0 Å². The van der Waals surface area contributed by atoms with Crippen LogP contribution in [0, 0.1) is 0 Å². The van der Waals surface area contributed by atoms with Crippen molar-refractivity contribution in [2.75, 3.05) is 0 Å². The van der Waals surface area contributed by atoms with E-state index in [1.165, 1.54) is 11.8 Å². The maximum absolute atomic E-state index is 9.97. The number of pyridine rings is 1. The molecular formula is C14H13NO. The molecule has 0 spiro atoms. The molecule has 0 atom stereocenters. The van der Waals surface area contributed by atoms with Gasteiger partial charge in [0.2, 0.25) is 0 Å². The molecule has 0 amide bonds. The molecule has 2 rings (SSSR count). The van der Waals surface area contributed by atoms with Crippen molar-refractivity contribution in [3.8, 4) is 0 Å². The Balaban J connectivity index is 0.000000160. The summed E-state index contributed by atoms with van der Waals surface area (Å²) in [5.41, 5.74) is 1.79. The lowest BCUT2D eigenvalue weighted by atomic mass is 10.2. The molecule has 0 N–H and O–H groups in total. The van der Waals surface area contributed by atoms with Crippen molar-refractivity contribution in [3.63, 3.8) is 0 Å². The van der Waals surface area contributed by atoms with Crippen LogP contribution in [0.2, 0.25) is 0 Å². The van der Waals surface area contributed by atoms with Crippen molar-refractivity contribution >= 4 is 12.4 Å². The van der Waals surface area contributed by atoms with Crippen molar-refractivity contribution in [1.29, 1.82) is 0 Å². The largest absolute Gasteiger partial charge is 0.298 e. The van der Waals surface area contributed by atoms with E-state index in [9.17, 15) is 4.79 Å². The first-order valence-electron chi connectivity index (χ1n) is 4.89. The van der Waals surface area contributed by atoms with Gasteiger partial charge in [0.25, 0.3) is 0 Å². The lowest BCUT2D eigenvalue weighted by molar-refractivity contribution is 0.112. The van der Waals surface area contributed by atoms with Gasteiger partial charge in [0.15, 0.2) is 6.29 Å². The molecule has 0 saturated carbocycles. The predicted octanol–water partition coefficient (Wildman–Crippen LogP) is 3.22. The van der Waals surface area contributed by atoms with Crippen molar-refractivity contribution in [2.24, 2.45) is 0 Å². The third-order valence-electron chi connectivity index (χ3n) is 1.86. The second-order valence-electron chi connectivity index (χ2n) is 3.02. The summed E-state index contributed by atoms with van der Waals surface area (Å²) in [4.78, 5) is 13.7. The Labute approximate surface area is 95.3 Å². The maximum Gasteiger partial charge on any atom is 0.151 e. The molecule has 0 bridgehead atoms. The standard InChI is InChI=1S/C8H8.C6H5NO/c1-2-8-6-4-3-5-7-8;8-5-6-2-1-3-7-4-6/h2-7H,1H2;1-5H. The number of rotatable bonds is 2. The molecule has 1 aromatic heterocycles. The highest BCUT2D eigenvalue weighted by Gasteiger charge is 1.81. The van der Waals surface area contributed by atoms with Crippen molar-refractivity contribution < 1.29 is 4.79 Å². The summed E-state index contributed by atoms with van der Waals surface area (Å²) < 4.78 is 0. The lowest BCUT2D eigenvalue weighted by Gasteiger charge is -1.85. The van der Waals surface area contributed by atoms with Crippen molar-refractivity contribution in [1.82, 2.24) is 4.98 Å². The van der Waals surface area contributed by atoms with Crippen LogP contribution in [0.15, 0.2) is 61.4 Å². The van der Waals surface area contributed by atoms with Gasteiger partial charge in [-0.2, -0.15) is 0 Å². The number of hydrogen-bond acceptors (Lipinski definition) is 2. The highest BCUT2D eigenvalue weighted by atomic mass is 16.1. The second kappa shape index (κ2) is 7.12. The Kier molecular flexibility index (Phi) is 5.28. The Morgan fingerprint density at radius 1 is 1.00 bits per heavy atom. The van der Waals surface area contributed by atoms with Gasteiger partial charge >= 0.3 is 0 Å². The number of nitrogens with zero attached hydrogens (tertiary/aromatic N) is 1. The monoisotopic (exact) mass is 211 g/mol. The van der Waals surface area contributed by atoms with Crippen molar-refractivity contribution in [3.05, 3.63) is 72.6 Å². The third-order valence-corrected chi connectivity index (χ3v) is 1.86. The molecule has 80 valence electrons. The summed E-state index contributed by atoms with van der Waals surface area (Å²) in [6.45, 7) is 3.63. The van der Waals surface area contributed by atoms with E-state index in [1.54, 1.807) is 18.3 Å². The zero-order chi connectivity index (χ0) is 11.6. The van der Waals surface area contributed by atoms with Crippen LogP contribution in [-0.2, 0) is 0 Å².